The molecule has 0 aliphatic carbocycles. The second-order valence-corrected chi connectivity index (χ2v) is 5.35. The summed E-state index contributed by atoms with van der Waals surface area (Å²) >= 11 is 0. The first kappa shape index (κ1) is 17.3. The maximum atomic E-state index is 14.1. The molecule has 0 radical (unpaired) electrons. The molecular formula is C18H17FN6O. The Labute approximate surface area is 149 Å². The molecule has 0 amide bonds. The minimum Gasteiger partial charge on any atom is -0.493 e. The third kappa shape index (κ3) is 3.59. The number of hydrogen-bond donors (Lipinski definition) is 1. The van der Waals surface area contributed by atoms with Crippen molar-refractivity contribution in [3.05, 3.63) is 65.9 Å². The zero-order chi connectivity index (χ0) is 18.5. The maximum absolute atomic E-state index is 14.1. The van der Waals surface area contributed by atoms with Gasteiger partial charge in [-0.2, -0.15) is 5.10 Å². The Hall–Kier alpha value is -3.55. The summed E-state index contributed by atoms with van der Waals surface area (Å²) in [6, 6.07) is 9.82. The summed E-state index contributed by atoms with van der Waals surface area (Å²) in [6.07, 6.45) is 3.00. The number of nitrogens with zero attached hydrogens (tertiary/aromatic N) is 5. The van der Waals surface area contributed by atoms with Crippen LogP contribution in [-0.4, -0.2) is 33.6 Å². The lowest BCUT2D eigenvalue weighted by Gasteiger charge is -2.10. The molecule has 0 unspecified atom stereocenters. The topological polar surface area (TPSA) is 91.2 Å². The van der Waals surface area contributed by atoms with Gasteiger partial charge in [0.05, 0.1) is 19.9 Å². The second kappa shape index (κ2) is 7.56. The highest BCUT2D eigenvalue weighted by atomic mass is 19.1. The van der Waals surface area contributed by atoms with Crippen molar-refractivity contribution < 1.29 is 9.13 Å². The van der Waals surface area contributed by atoms with Gasteiger partial charge in [0, 0.05) is 11.8 Å². The van der Waals surface area contributed by atoms with E-state index in [0.29, 0.717) is 34.4 Å². The molecule has 8 heteroatoms. The first-order chi connectivity index (χ1) is 12.6. The smallest absolute Gasteiger partial charge is 0.182 e. The van der Waals surface area contributed by atoms with Crippen molar-refractivity contribution in [3.8, 4) is 11.5 Å². The van der Waals surface area contributed by atoms with Gasteiger partial charge in [-0.25, -0.2) is 14.4 Å². The van der Waals surface area contributed by atoms with E-state index in [1.54, 1.807) is 41.2 Å². The Morgan fingerprint density at radius 2 is 2.19 bits per heavy atom. The fraction of sp³-hybridized carbons (Fsp3) is 0.111. The van der Waals surface area contributed by atoms with Gasteiger partial charge in [0.2, 0.25) is 0 Å². The van der Waals surface area contributed by atoms with E-state index < -0.39 is 0 Å². The van der Waals surface area contributed by atoms with Gasteiger partial charge < -0.3 is 10.5 Å². The summed E-state index contributed by atoms with van der Waals surface area (Å²) in [4.78, 5) is 12.1. The van der Waals surface area contributed by atoms with Crippen molar-refractivity contribution in [2.45, 2.75) is 6.54 Å². The molecule has 0 spiro atoms. The van der Waals surface area contributed by atoms with Crippen molar-refractivity contribution in [1.82, 2.24) is 19.7 Å². The van der Waals surface area contributed by atoms with Crippen molar-refractivity contribution >= 4 is 18.3 Å². The lowest BCUT2D eigenvalue weighted by atomic mass is 10.2. The van der Waals surface area contributed by atoms with E-state index in [-0.39, 0.29) is 12.4 Å². The van der Waals surface area contributed by atoms with Gasteiger partial charge in [-0.05, 0) is 24.9 Å². The van der Waals surface area contributed by atoms with Crippen LogP contribution in [0.1, 0.15) is 11.3 Å². The zero-order valence-corrected chi connectivity index (χ0v) is 14.1. The van der Waals surface area contributed by atoms with Crippen molar-refractivity contribution in [3.63, 3.8) is 0 Å². The van der Waals surface area contributed by atoms with Crippen LogP contribution in [0.15, 0.2) is 53.8 Å². The molecule has 0 bridgehead atoms. The van der Waals surface area contributed by atoms with Gasteiger partial charge in [-0.1, -0.05) is 18.2 Å². The number of benzene rings is 1. The van der Waals surface area contributed by atoms with Gasteiger partial charge in [0.1, 0.15) is 23.0 Å². The number of aromatic nitrogens is 4. The molecule has 1 aromatic carbocycles. The quantitative estimate of drug-likeness (QED) is 0.544. The normalized spacial score (nSPS) is 11.4. The molecule has 0 aliphatic rings. The lowest BCUT2D eigenvalue weighted by Crippen LogP contribution is -2.08. The molecule has 3 rings (SSSR count). The molecule has 0 atom stereocenters. The molecule has 2 aromatic heterocycles. The van der Waals surface area contributed by atoms with Crippen molar-refractivity contribution in [2.24, 2.45) is 4.99 Å². The predicted octanol–water partition coefficient (Wildman–Crippen LogP) is 2.76. The molecule has 0 aliphatic heterocycles. The van der Waals surface area contributed by atoms with Crippen LogP contribution < -0.4 is 5.73 Å². The fourth-order valence-corrected chi connectivity index (χ4v) is 2.44. The number of halogens is 1. The summed E-state index contributed by atoms with van der Waals surface area (Å²) in [5, 5.41) is 4.50. The highest BCUT2D eigenvalue weighted by molar-refractivity contribution is 5.63. The zero-order valence-electron chi connectivity index (χ0n) is 14.1. The van der Waals surface area contributed by atoms with E-state index in [1.807, 2.05) is 0 Å². The Balaban J connectivity index is 2.10. The molecule has 2 heterocycles. The van der Waals surface area contributed by atoms with Crippen LogP contribution in [0.2, 0.25) is 0 Å². The predicted molar refractivity (Wildman–Crippen MR) is 97.7 cm³/mol. The second-order valence-electron chi connectivity index (χ2n) is 5.35. The van der Waals surface area contributed by atoms with Crippen molar-refractivity contribution in [1.29, 1.82) is 0 Å². The molecule has 7 nitrogen and oxygen atoms in total. The van der Waals surface area contributed by atoms with Crippen LogP contribution in [0.25, 0.3) is 17.3 Å². The van der Waals surface area contributed by atoms with E-state index in [9.17, 15) is 4.39 Å². The summed E-state index contributed by atoms with van der Waals surface area (Å²) in [5.41, 5.74) is 7.28. The minimum absolute atomic E-state index is 0.197. The first-order valence-corrected chi connectivity index (χ1v) is 7.73. The number of aliphatic imine (C=N–C) groups is 1. The Kier molecular flexibility index (Phi) is 5.02. The third-order valence-electron chi connectivity index (χ3n) is 3.65. The number of methoxy groups -OCH3 is 1. The summed E-state index contributed by atoms with van der Waals surface area (Å²) in [5.74, 6) is 0.801. The summed E-state index contributed by atoms with van der Waals surface area (Å²) in [6.45, 7) is 3.64. The Morgan fingerprint density at radius 3 is 2.88 bits per heavy atom. The summed E-state index contributed by atoms with van der Waals surface area (Å²) < 4.78 is 21.0. The fourth-order valence-electron chi connectivity index (χ4n) is 2.44. The average molecular weight is 352 g/mol. The minimum atomic E-state index is -0.319. The lowest BCUT2D eigenvalue weighted by molar-refractivity contribution is 0.363. The third-order valence-corrected chi connectivity index (χ3v) is 3.65. The van der Waals surface area contributed by atoms with Crippen LogP contribution in [-0.2, 0) is 11.3 Å². The molecule has 0 saturated carbocycles. The molecule has 26 heavy (non-hydrogen) atoms. The van der Waals surface area contributed by atoms with Gasteiger partial charge in [0.15, 0.2) is 11.6 Å². The molecule has 0 saturated heterocycles. The molecular weight excluding hydrogens is 335 g/mol. The largest absolute Gasteiger partial charge is 0.493 e. The van der Waals surface area contributed by atoms with E-state index in [4.69, 9.17) is 10.5 Å². The van der Waals surface area contributed by atoms with Gasteiger partial charge in [-0.3, -0.25) is 9.67 Å². The van der Waals surface area contributed by atoms with Crippen molar-refractivity contribution in [2.75, 3.05) is 12.8 Å². The van der Waals surface area contributed by atoms with Crippen LogP contribution >= 0.6 is 0 Å². The standard InChI is InChI=1S/C18H17FN6O/c1-21-10-16(26-2)15-9-14(18-22-8-7-17(20)23-18)24-25(15)11-12-5-3-4-6-13(12)19/h3-10H,1,11H2,2H3,(H2,20,22,23). The first-order valence-electron chi connectivity index (χ1n) is 7.73. The molecule has 2 N–H and O–H groups in total. The molecule has 132 valence electrons. The number of rotatable bonds is 6. The maximum Gasteiger partial charge on any atom is 0.182 e. The van der Waals surface area contributed by atoms with Crippen LogP contribution in [0, 0.1) is 5.82 Å². The number of anilines is 1. The average Bonchev–Trinajstić information content (AvgIpc) is 3.05. The Morgan fingerprint density at radius 1 is 1.38 bits per heavy atom. The number of hydrogen-bond acceptors (Lipinski definition) is 6. The van der Waals surface area contributed by atoms with Gasteiger partial charge >= 0.3 is 0 Å². The molecule has 3 aromatic rings. The summed E-state index contributed by atoms with van der Waals surface area (Å²) in [7, 11) is 1.51. The van der Waals surface area contributed by atoms with E-state index in [0.717, 1.165) is 0 Å². The van der Waals surface area contributed by atoms with E-state index in [1.165, 1.54) is 19.4 Å². The van der Waals surface area contributed by atoms with E-state index in [2.05, 4.69) is 26.8 Å². The van der Waals surface area contributed by atoms with Crippen LogP contribution in [0.4, 0.5) is 10.2 Å². The highest BCUT2D eigenvalue weighted by Gasteiger charge is 2.17. The van der Waals surface area contributed by atoms with Gasteiger partial charge in [0.25, 0.3) is 0 Å². The van der Waals surface area contributed by atoms with Crippen LogP contribution in [0.5, 0.6) is 0 Å². The highest BCUT2D eigenvalue weighted by Crippen LogP contribution is 2.23. The van der Waals surface area contributed by atoms with E-state index >= 15 is 0 Å². The number of ether oxygens (including phenoxy) is 1. The Bertz CT molecular complexity index is 966. The number of nitrogen functional groups attached to an aromatic ring is 1. The SMILES string of the molecule is C=NC=C(OC)c1cc(-c2nccc(N)n2)nn1Cc1ccccc1F. The van der Waals surface area contributed by atoms with Crippen LogP contribution in [0.3, 0.4) is 0 Å². The monoisotopic (exact) mass is 352 g/mol. The van der Waals surface area contributed by atoms with Gasteiger partial charge in [-0.15, -0.1) is 0 Å². The molecule has 0 fully saturated rings. The number of nitrogens with two attached hydrogens (primary N) is 1.